The second kappa shape index (κ2) is 4.89. The predicted octanol–water partition coefficient (Wildman–Crippen LogP) is 5.36. The molecule has 0 spiro atoms. The lowest BCUT2D eigenvalue weighted by Gasteiger charge is -2.13. The van der Waals surface area contributed by atoms with Crippen LogP contribution in [0.5, 0.6) is 0 Å². The summed E-state index contributed by atoms with van der Waals surface area (Å²) < 4.78 is 41.0. The number of halogens is 4. The molecule has 2 nitrogen and oxygen atoms in total. The van der Waals surface area contributed by atoms with Crippen molar-refractivity contribution in [3.63, 3.8) is 0 Å². The Balaban J connectivity index is 2.37. The van der Waals surface area contributed by atoms with Crippen LogP contribution in [0.4, 0.5) is 13.2 Å². The Labute approximate surface area is 127 Å². The minimum Gasteiger partial charge on any atom is -0.330 e. The molecule has 0 bridgehead atoms. The van der Waals surface area contributed by atoms with Crippen molar-refractivity contribution in [3.8, 4) is 5.69 Å². The van der Waals surface area contributed by atoms with Gasteiger partial charge in [-0.25, -0.2) is 0 Å². The SMILES string of the molecule is FC(F)(F)c1ccccc1-n1c(=S)[nH]c2cc(Cl)ccc21. The fourth-order valence-electron chi connectivity index (χ4n) is 2.23. The number of alkyl halides is 3. The molecule has 2 aromatic carbocycles. The highest BCUT2D eigenvalue weighted by Crippen LogP contribution is 2.35. The number of aromatic nitrogens is 2. The van der Waals surface area contributed by atoms with Gasteiger partial charge in [-0.15, -0.1) is 0 Å². The molecular weight excluding hydrogens is 321 g/mol. The van der Waals surface area contributed by atoms with Gasteiger partial charge >= 0.3 is 6.18 Å². The van der Waals surface area contributed by atoms with Gasteiger partial charge in [-0.1, -0.05) is 23.7 Å². The lowest BCUT2D eigenvalue weighted by atomic mass is 10.1. The second-order valence-corrected chi connectivity index (χ2v) is 5.27. The summed E-state index contributed by atoms with van der Waals surface area (Å²) in [6.45, 7) is 0. The van der Waals surface area contributed by atoms with Crippen LogP contribution in [0.1, 0.15) is 5.56 Å². The van der Waals surface area contributed by atoms with E-state index in [2.05, 4.69) is 4.98 Å². The second-order valence-electron chi connectivity index (χ2n) is 4.44. The number of nitrogens with one attached hydrogen (secondary N) is 1. The summed E-state index contributed by atoms with van der Waals surface area (Å²) in [6.07, 6.45) is -4.46. The summed E-state index contributed by atoms with van der Waals surface area (Å²) >= 11 is 11.0. The van der Waals surface area contributed by atoms with E-state index in [0.29, 0.717) is 16.1 Å². The van der Waals surface area contributed by atoms with Crippen LogP contribution in [0.25, 0.3) is 16.7 Å². The van der Waals surface area contributed by atoms with Crippen LogP contribution in [-0.4, -0.2) is 9.55 Å². The van der Waals surface area contributed by atoms with Crippen molar-refractivity contribution >= 4 is 34.9 Å². The van der Waals surface area contributed by atoms with Crippen LogP contribution in [0.2, 0.25) is 5.02 Å². The lowest BCUT2D eigenvalue weighted by Crippen LogP contribution is -2.10. The van der Waals surface area contributed by atoms with E-state index in [1.165, 1.54) is 16.7 Å². The van der Waals surface area contributed by atoms with Crippen LogP contribution in [0.15, 0.2) is 42.5 Å². The predicted molar refractivity (Wildman–Crippen MR) is 78.5 cm³/mol. The molecular formula is C14H8ClF3N2S. The molecule has 0 amide bonds. The van der Waals surface area contributed by atoms with Crippen molar-refractivity contribution in [2.75, 3.05) is 0 Å². The van der Waals surface area contributed by atoms with E-state index < -0.39 is 11.7 Å². The highest BCUT2D eigenvalue weighted by Gasteiger charge is 2.34. The van der Waals surface area contributed by atoms with Gasteiger partial charge in [-0.2, -0.15) is 13.2 Å². The number of H-pyrrole nitrogens is 1. The van der Waals surface area contributed by atoms with E-state index in [9.17, 15) is 13.2 Å². The molecule has 3 rings (SSSR count). The number of hydrogen-bond donors (Lipinski definition) is 1. The smallest absolute Gasteiger partial charge is 0.330 e. The number of benzene rings is 2. The van der Waals surface area contributed by atoms with Gasteiger partial charge in [0.15, 0.2) is 4.77 Å². The van der Waals surface area contributed by atoms with Crippen molar-refractivity contribution in [1.82, 2.24) is 9.55 Å². The summed E-state index contributed by atoms with van der Waals surface area (Å²) in [5, 5.41) is 0.481. The Kier molecular flexibility index (Phi) is 3.30. The van der Waals surface area contributed by atoms with Crippen molar-refractivity contribution in [3.05, 3.63) is 57.8 Å². The molecule has 0 radical (unpaired) electrons. The first-order valence-corrected chi connectivity index (χ1v) is 6.73. The third-order valence-electron chi connectivity index (χ3n) is 3.09. The van der Waals surface area contributed by atoms with Crippen molar-refractivity contribution in [1.29, 1.82) is 0 Å². The van der Waals surface area contributed by atoms with Crippen LogP contribution in [-0.2, 0) is 6.18 Å². The molecule has 1 aromatic heterocycles. The van der Waals surface area contributed by atoms with Crippen LogP contribution >= 0.6 is 23.8 Å². The van der Waals surface area contributed by atoms with Gasteiger partial charge in [0, 0.05) is 5.02 Å². The molecule has 0 aliphatic rings. The molecule has 7 heteroatoms. The molecule has 0 aliphatic heterocycles. The fourth-order valence-corrected chi connectivity index (χ4v) is 2.71. The van der Waals surface area contributed by atoms with Gasteiger partial charge in [-0.3, -0.25) is 4.57 Å². The Morgan fingerprint density at radius 2 is 1.81 bits per heavy atom. The number of hydrogen-bond acceptors (Lipinski definition) is 1. The largest absolute Gasteiger partial charge is 0.418 e. The fraction of sp³-hybridized carbons (Fsp3) is 0.0714. The molecule has 0 saturated carbocycles. The number of imidazole rings is 1. The van der Waals surface area contributed by atoms with E-state index in [-0.39, 0.29) is 10.5 Å². The third-order valence-corrected chi connectivity index (χ3v) is 3.61. The summed E-state index contributed by atoms with van der Waals surface area (Å²) in [5.41, 5.74) is 0.381. The first-order valence-electron chi connectivity index (χ1n) is 5.95. The molecule has 0 unspecified atom stereocenters. The average Bonchev–Trinajstić information content (AvgIpc) is 2.72. The van der Waals surface area contributed by atoms with Gasteiger partial charge in [-0.05, 0) is 42.5 Å². The van der Waals surface area contributed by atoms with Crippen molar-refractivity contribution < 1.29 is 13.2 Å². The lowest BCUT2D eigenvalue weighted by molar-refractivity contribution is -0.137. The van der Waals surface area contributed by atoms with E-state index in [4.69, 9.17) is 23.8 Å². The van der Waals surface area contributed by atoms with E-state index in [1.54, 1.807) is 24.3 Å². The van der Waals surface area contributed by atoms with Crippen molar-refractivity contribution in [2.24, 2.45) is 0 Å². The number of nitrogens with zero attached hydrogens (tertiary/aromatic N) is 1. The summed E-state index contributed by atoms with van der Waals surface area (Å²) in [5.74, 6) is 0. The average molecular weight is 329 g/mol. The molecule has 0 fully saturated rings. The minimum atomic E-state index is -4.46. The minimum absolute atomic E-state index is 0.0106. The van der Waals surface area contributed by atoms with Gasteiger partial charge in [0.1, 0.15) is 0 Å². The highest BCUT2D eigenvalue weighted by molar-refractivity contribution is 7.71. The van der Waals surface area contributed by atoms with Crippen LogP contribution < -0.4 is 0 Å². The topological polar surface area (TPSA) is 20.7 Å². The molecule has 3 aromatic rings. The quantitative estimate of drug-likeness (QED) is 0.596. The number of aromatic amines is 1. The maximum absolute atomic E-state index is 13.2. The highest BCUT2D eigenvalue weighted by atomic mass is 35.5. The maximum atomic E-state index is 13.2. The molecule has 108 valence electrons. The first kappa shape index (κ1) is 14.2. The van der Waals surface area contributed by atoms with Gasteiger partial charge < -0.3 is 4.98 Å². The Hall–Kier alpha value is -1.79. The molecule has 21 heavy (non-hydrogen) atoms. The van der Waals surface area contributed by atoms with Crippen LogP contribution in [0.3, 0.4) is 0 Å². The number of rotatable bonds is 1. The molecule has 0 atom stereocenters. The Morgan fingerprint density at radius 1 is 1.10 bits per heavy atom. The standard InChI is InChI=1S/C14H8ClF3N2S/c15-8-5-6-12-10(7-8)19-13(21)20(12)11-4-2-1-3-9(11)14(16,17)18/h1-7H,(H,19,21). The van der Waals surface area contributed by atoms with Gasteiger partial charge in [0.05, 0.1) is 22.3 Å². The summed E-state index contributed by atoms with van der Waals surface area (Å²) in [4.78, 5) is 2.87. The van der Waals surface area contributed by atoms with E-state index >= 15 is 0 Å². The molecule has 1 N–H and O–H groups in total. The van der Waals surface area contributed by atoms with Crippen molar-refractivity contribution in [2.45, 2.75) is 6.18 Å². The van der Waals surface area contributed by atoms with Gasteiger partial charge in [0.2, 0.25) is 0 Å². The molecule has 0 saturated heterocycles. The zero-order valence-corrected chi connectivity index (χ0v) is 12.0. The molecule has 1 heterocycles. The number of fused-ring (bicyclic) bond motifs is 1. The van der Waals surface area contributed by atoms with E-state index in [1.807, 2.05) is 0 Å². The molecule has 0 aliphatic carbocycles. The number of para-hydroxylation sites is 1. The van der Waals surface area contributed by atoms with Gasteiger partial charge in [0.25, 0.3) is 0 Å². The summed E-state index contributed by atoms with van der Waals surface area (Å²) in [7, 11) is 0. The third kappa shape index (κ3) is 2.45. The Bertz CT molecular complexity index is 880. The maximum Gasteiger partial charge on any atom is 0.418 e. The van der Waals surface area contributed by atoms with Crippen LogP contribution in [0, 0.1) is 4.77 Å². The Morgan fingerprint density at radius 3 is 2.52 bits per heavy atom. The summed E-state index contributed by atoms with van der Waals surface area (Å²) in [6, 6.07) is 10.2. The normalized spacial score (nSPS) is 12.0. The first-order chi connectivity index (χ1) is 9.88. The monoisotopic (exact) mass is 328 g/mol. The zero-order chi connectivity index (χ0) is 15.2. The zero-order valence-electron chi connectivity index (χ0n) is 10.4. The van der Waals surface area contributed by atoms with E-state index in [0.717, 1.165) is 6.07 Å².